The van der Waals surface area contributed by atoms with Crippen molar-refractivity contribution in [3.8, 4) is 0 Å². The molecule has 1 rings (SSSR count). The Balaban J connectivity index is 2.45. The van der Waals surface area contributed by atoms with Crippen LogP contribution < -0.4 is 0 Å². The summed E-state index contributed by atoms with van der Waals surface area (Å²) in [4.78, 5) is 0. The zero-order valence-corrected chi connectivity index (χ0v) is 9.97. The molecule has 1 nitrogen and oxygen atoms in total. The third kappa shape index (κ3) is 3.89. The number of benzene rings is 1. The van der Waals surface area contributed by atoms with Crippen LogP contribution in [0.5, 0.6) is 0 Å². The Labute approximate surface area is 93.2 Å². The van der Waals surface area contributed by atoms with Crippen molar-refractivity contribution in [2.75, 3.05) is 0 Å². The van der Waals surface area contributed by atoms with Gasteiger partial charge in [0.2, 0.25) is 0 Å². The van der Waals surface area contributed by atoms with Crippen molar-refractivity contribution in [1.29, 1.82) is 5.41 Å². The van der Waals surface area contributed by atoms with Crippen molar-refractivity contribution < 1.29 is 0 Å². The van der Waals surface area contributed by atoms with Gasteiger partial charge in [-0.05, 0) is 60.4 Å². The number of aryl methyl sites for hydroxylation is 1. The minimum absolute atomic E-state index is 0.783. The second-order valence-electron chi connectivity index (χ2n) is 3.23. The Morgan fingerprint density at radius 2 is 2.08 bits per heavy atom. The van der Waals surface area contributed by atoms with Gasteiger partial charge in [0, 0.05) is 9.28 Å². The Morgan fingerprint density at radius 3 is 2.69 bits per heavy atom. The molecule has 70 valence electrons. The zero-order chi connectivity index (χ0) is 9.68. The van der Waals surface area contributed by atoms with E-state index in [1.807, 2.05) is 6.92 Å². The lowest BCUT2D eigenvalue weighted by Gasteiger charge is -2.02. The summed E-state index contributed by atoms with van der Waals surface area (Å²) in [5.74, 6) is 0. The van der Waals surface area contributed by atoms with Crippen LogP contribution in [0.2, 0.25) is 0 Å². The molecule has 0 aliphatic carbocycles. The van der Waals surface area contributed by atoms with E-state index in [1.165, 1.54) is 9.13 Å². The monoisotopic (exact) mass is 291 g/mol. The molecular weight excluding hydrogens is 277 g/mol. The summed E-state index contributed by atoms with van der Waals surface area (Å²) in [6.45, 7) is 1.87. The Hall–Kier alpha value is -0.380. The fourth-order valence-corrected chi connectivity index (χ4v) is 1.90. The van der Waals surface area contributed by atoms with E-state index in [-0.39, 0.29) is 0 Å². The van der Waals surface area contributed by atoms with Crippen LogP contribution in [0.3, 0.4) is 0 Å². The molecule has 0 atom stereocenters. The first-order chi connectivity index (χ1) is 6.20. The van der Waals surface area contributed by atoms with Crippen molar-refractivity contribution in [1.82, 2.24) is 0 Å². The highest BCUT2D eigenvalue weighted by atomic mass is 131. The first-order valence-electron chi connectivity index (χ1n) is 4.47. The molecule has 0 heterocycles. The van der Waals surface area contributed by atoms with Crippen molar-refractivity contribution in [3.63, 3.8) is 0 Å². The number of hydrogen-bond donors (Lipinski definition) is 1. The van der Waals surface area contributed by atoms with Crippen LogP contribution in [0.15, 0.2) is 24.3 Å². The summed E-state index contributed by atoms with van der Waals surface area (Å²) in [6.07, 6.45) is 3.11. The molecule has 0 saturated carbocycles. The Bertz CT molecular complexity index is 294. The first kappa shape index (κ1) is 10.7. The fourth-order valence-electron chi connectivity index (χ4n) is 1.25. The lowest BCUT2D eigenvalue weighted by molar-refractivity contribution is 0.856. The van der Waals surface area contributed by atoms with Crippen LogP contribution in [-0.4, -0.2) is 5.71 Å². The minimum Gasteiger partial charge on any atom is -0.310 e. The highest BCUT2D eigenvalue weighted by Crippen LogP contribution is 2.13. The highest BCUT2D eigenvalue weighted by Gasteiger charge is 1.97. The molecule has 1 aromatic rings. The predicted octanol–water partition coefficient (Wildman–Crippen LogP) is 3.65. The highest BCUT2D eigenvalue weighted by molar-refractivity contribution is 14.1. The molecule has 0 amide bonds. The van der Waals surface area contributed by atoms with Crippen LogP contribution in [0, 0.1) is 8.98 Å². The molecule has 0 bridgehead atoms. The Kier molecular flexibility index (Phi) is 4.42. The van der Waals surface area contributed by atoms with Crippen LogP contribution in [0.1, 0.15) is 25.3 Å². The molecule has 0 aliphatic heterocycles. The van der Waals surface area contributed by atoms with Gasteiger partial charge in [-0.15, -0.1) is 0 Å². The molecule has 0 aromatic heterocycles. The summed E-state index contributed by atoms with van der Waals surface area (Å²) in [5.41, 5.74) is 2.19. The lowest BCUT2D eigenvalue weighted by atomic mass is 10.1. The predicted molar refractivity (Wildman–Crippen MR) is 65.5 cm³/mol. The molecule has 13 heavy (non-hydrogen) atoms. The average molecular weight is 291 g/mol. The summed E-state index contributed by atoms with van der Waals surface area (Å²) in [5, 5.41) is 7.31. The Morgan fingerprint density at radius 1 is 1.38 bits per heavy atom. The van der Waals surface area contributed by atoms with E-state index < -0.39 is 0 Å². The molecule has 0 aliphatic rings. The van der Waals surface area contributed by atoms with Gasteiger partial charge in [0.25, 0.3) is 0 Å². The second kappa shape index (κ2) is 5.37. The molecular formula is C11H14IN. The normalized spacial score (nSPS) is 10.0. The van der Waals surface area contributed by atoms with Gasteiger partial charge in [0.05, 0.1) is 0 Å². The van der Waals surface area contributed by atoms with E-state index in [1.54, 1.807) is 0 Å². The molecule has 0 fully saturated rings. The van der Waals surface area contributed by atoms with E-state index in [2.05, 4.69) is 46.9 Å². The van der Waals surface area contributed by atoms with Crippen molar-refractivity contribution in [2.24, 2.45) is 0 Å². The summed E-state index contributed by atoms with van der Waals surface area (Å²) >= 11 is 2.36. The van der Waals surface area contributed by atoms with E-state index >= 15 is 0 Å². The van der Waals surface area contributed by atoms with E-state index in [0.29, 0.717) is 0 Å². The number of hydrogen-bond acceptors (Lipinski definition) is 1. The number of nitrogens with one attached hydrogen (secondary N) is 1. The first-order valence-corrected chi connectivity index (χ1v) is 5.55. The maximum atomic E-state index is 7.31. The van der Waals surface area contributed by atoms with Crippen LogP contribution >= 0.6 is 22.6 Å². The molecule has 0 spiro atoms. The largest absolute Gasteiger partial charge is 0.310 e. The van der Waals surface area contributed by atoms with E-state index in [9.17, 15) is 0 Å². The molecule has 1 N–H and O–H groups in total. The van der Waals surface area contributed by atoms with Gasteiger partial charge in [-0.25, -0.2) is 0 Å². The fraction of sp³-hybridized carbons (Fsp3) is 0.364. The second-order valence-corrected chi connectivity index (χ2v) is 4.39. The molecule has 2 heteroatoms. The van der Waals surface area contributed by atoms with E-state index in [4.69, 9.17) is 5.41 Å². The molecule has 0 saturated heterocycles. The van der Waals surface area contributed by atoms with Crippen molar-refractivity contribution in [3.05, 3.63) is 33.4 Å². The maximum Gasteiger partial charge on any atom is 0.0162 e. The van der Waals surface area contributed by atoms with Crippen molar-refractivity contribution >= 4 is 28.3 Å². The summed E-state index contributed by atoms with van der Waals surface area (Å²) in [6, 6.07) is 8.44. The third-order valence-electron chi connectivity index (χ3n) is 1.96. The molecule has 0 unspecified atom stereocenters. The number of halogens is 1. The summed E-state index contributed by atoms with van der Waals surface area (Å²) in [7, 11) is 0. The van der Waals surface area contributed by atoms with Gasteiger partial charge < -0.3 is 5.41 Å². The maximum absolute atomic E-state index is 7.31. The van der Waals surface area contributed by atoms with Gasteiger partial charge in [0.15, 0.2) is 0 Å². The standard InChI is InChI=1S/C11H14IN/c1-9(13)5-4-7-10-6-2-3-8-11(10)12/h2-3,6,8,13H,4-5,7H2,1H3/i12+4. The number of rotatable bonds is 4. The topological polar surface area (TPSA) is 23.9 Å². The average Bonchev–Trinajstić information content (AvgIpc) is 2.08. The summed E-state index contributed by atoms with van der Waals surface area (Å²) < 4.78 is 1.34. The molecule has 1 aromatic carbocycles. The smallest absolute Gasteiger partial charge is 0.0162 e. The molecule has 0 radical (unpaired) electrons. The van der Waals surface area contributed by atoms with Gasteiger partial charge >= 0.3 is 0 Å². The third-order valence-corrected chi connectivity index (χ3v) is 3.01. The van der Waals surface area contributed by atoms with Crippen molar-refractivity contribution in [2.45, 2.75) is 26.2 Å². The van der Waals surface area contributed by atoms with Gasteiger partial charge in [-0.1, -0.05) is 18.2 Å². The van der Waals surface area contributed by atoms with Crippen LogP contribution in [-0.2, 0) is 6.42 Å². The van der Waals surface area contributed by atoms with Crippen LogP contribution in [0.4, 0.5) is 0 Å². The lowest BCUT2D eigenvalue weighted by Crippen LogP contribution is -1.93. The SMILES string of the molecule is CC(=N)CCCc1ccccc1[131I]. The van der Waals surface area contributed by atoms with Gasteiger partial charge in [-0.3, -0.25) is 0 Å². The van der Waals surface area contributed by atoms with Crippen LogP contribution in [0.25, 0.3) is 0 Å². The minimum atomic E-state index is 0.783. The zero-order valence-electron chi connectivity index (χ0n) is 7.81. The quantitative estimate of drug-likeness (QED) is 0.646. The van der Waals surface area contributed by atoms with Gasteiger partial charge in [0.1, 0.15) is 0 Å². The van der Waals surface area contributed by atoms with E-state index in [0.717, 1.165) is 25.0 Å². The van der Waals surface area contributed by atoms with Gasteiger partial charge in [-0.2, -0.15) is 0 Å².